The Labute approximate surface area is 183 Å². The monoisotopic (exact) mass is 460 g/mol. The first-order valence-corrected chi connectivity index (χ1v) is 12.5. The van der Waals surface area contributed by atoms with Gasteiger partial charge >= 0.3 is 0 Å². The van der Waals surface area contributed by atoms with Gasteiger partial charge in [0.15, 0.2) is 9.84 Å². The van der Waals surface area contributed by atoms with Crippen LogP contribution in [-0.4, -0.2) is 35.5 Å². The van der Waals surface area contributed by atoms with Crippen LogP contribution in [0.15, 0.2) is 76.8 Å². The zero-order valence-electron chi connectivity index (χ0n) is 17.4. The Morgan fingerprint density at radius 3 is 2.29 bits per heavy atom. The second-order valence-corrected chi connectivity index (χ2v) is 10.9. The van der Waals surface area contributed by atoms with Gasteiger partial charge in [-0.25, -0.2) is 21.6 Å². The zero-order valence-corrected chi connectivity index (χ0v) is 19.1. The highest BCUT2D eigenvalue weighted by molar-refractivity contribution is 7.92. The molecule has 3 aromatic rings. The number of pyridine rings is 1. The third-order valence-corrected chi connectivity index (χ3v) is 8.63. The van der Waals surface area contributed by atoms with Crippen LogP contribution in [0.4, 0.5) is 0 Å². The van der Waals surface area contributed by atoms with Crippen molar-refractivity contribution in [1.82, 2.24) is 9.71 Å². The number of sulfonamides is 1. The van der Waals surface area contributed by atoms with Crippen LogP contribution in [0, 0.1) is 13.8 Å². The van der Waals surface area contributed by atoms with E-state index in [0.29, 0.717) is 22.4 Å². The third-order valence-electron chi connectivity index (χ3n) is 4.94. The molecule has 1 N–H and O–H groups in total. The van der Waals surface area contributed by atoms with E-state index in [1.807, 2.05) is 0 Å². The lowest BCUT2D eigenvalue weighted by atomic mass is 10.1. The molecule has 7 nitrogen and oxygen atoms in total. The van der Waals surface area contributed by atoms with Crippen LogP contribution in [0.2, 0.25) is 0 Å². The van der Waals surface area contributed by atoms with Gasteiger partial charge < -0.3 is 4.74 Å². The van der Waals surface area contributed by atoms with E-state index in [1.54, 1.807) is 50.2 Å². The van der Waals surface area contributed by atoms with Crippen molar-refractivity contribution >= 4 is 19.9 Å². The van der Waals surface area contributed by atoms with Crippen molar-refractivity contribution in [2.75, 3.05) is 13.7 Å². The Morgan fingerprint density at radius 2 is 1.68 bits per heavy atom. The average Bonchev–Trinajstić information content (AvgIpc) is 2.76. The Kier molecular flexibility index (Phi) is 6.78. The molecule has 0 aliphatic carbocycles. The van der Waals surface area contributed by atoms with Gasteiger partial charge in [-0.3, -0.25) is 4.98 Å². The molecular weight excluding hydrogens is 436 g/mol. The molecule has 0 saturated heterocycles. The summed E-state index contributed by atoms with van der Waals surface area (Å²) >= 11 is 0. The molecule has 0 bridgehead atoms. The standard InChI is InChI=1S/C22H24N2O5S2/c1-16-13-21(17(2)12-20(16)29-3)31(27,28)24-15-22(18-8-7-11-23-14-18)30(25,26)19-9-5-4-6-10-19/h4-14,22,24H,15H2,1-3H3. The highest BCUT2D eigenvalue weighted by atomic mass is 32.2. The maximum atomic E-state index is 13.3. The lowest BCUT2D eigenvalue weighted by Gasteiger charge is -2.19. The molecule has 0 aliphatic rings. The number of aryl methyl sites for hydroxylation is 2. The van der Waals surface area contributed by atoms with E-state index < -0.39 is 25.1 Å². The predicted molar refractivity (Wildman–Crippen MR) is 118 cm³/mol. The Balaban J connectivity index is 1.97. The number of hydrogen-bond acceptors (Lipinski definition) is 6. The molecule has 164 valence electrons. The number of hydrogen-bond donors (Lipinski definition) is 1. The molecule has 3 rings (SSSR count). The van der Waals surface area contributed by atoms with Crippen LogP contribution >= 0.6 is 0 Å². The Morgan fingerprint density at radius 1 is 0.968 bits per heavy atom. The molecule has 2 aromatic carbocycles. The number of rotatable bonds is 8. The van der Waals surface area contributed by atoms with Gasteiger partial charge in [0.25, 0.3) is 0 Å². The molecule has 1 atom stereocenters. The van der Waals surface area contributed by atoms with Crippen molar-refractivity contribution in [3.05, 3.63) is 83.7 Å². The molecule has 0 radical (unpaired) electrons. The van der Waals surface area contributed by atoms with E-state index in [-0.39, 0.29) is 16.3 Å². The normalized spacial score (nSPS) is 13.0. The second-order valence-electron chi connectivity index (χ2n) is 7.07. The molecule has 0 aliphatic heterocycles. The third kappa shape index (κ3) is 4.95. The van der Waals surface area contributed by atoms with Crippen LogP contribution in [0.25, 0.3) is 0 Å². The summed E-state index contributed by atoms with van der Waals surface area (Å²) in [7, 11) is -6.33. The summed E-state index contributed by atoms with van der Waals surface area (Å²) in [6, 6.07) is 14.3. The number of sulfone groups is 1. The van der Waals surface area contributed by atoms with E-state index in [0.717, 1.165) is 0 Å². The van der Waals surface area contributed by atoms with E-state index >= 15 is 0 Å². The van der Waals surface area contributed by atoms with Gasteiger partial charge in [-0.1, -0.05) is 24.3 Å². The Hall–Kier alpha value is -2.75. The number of nitrogens with zero attached hydrogens (tertiary/aromatic N) is 1. The fourth-order valence-electron chi connectivity index (χ4n) is 3.28. The molecule has 0 fully saturated rings. The maximum Gasteiger partial charge on any atom is 0.240 e. The topological polar surface area (TPSA) is 102 Å². The van der Waals surface area contributed by atoms with Gasteiger partial charge in [-0.05, 0) is 60.9 Å². The van der Waals surface area contributed by atoms with Crippen molar-refractivity contribution < 1.29 is 21.6 Å². The maximum absolute atomic E-state index is 13.3. The fourth-order valence-corrected chi connectivity index (χ4v) is 6.41. The van der Waals surface area contributed by atoms with E-state index in [4.69, 9.17) is 4.74 Å². The number of aromatic nitrogens is 1. The SMILES string of the molecule is COc1cc(C)c(S(=O)(=O)NCC(c2cccnc2)S(=O)(=O)c2ccccc2)cc1C. The van der Waals surface area contributed by atoms with Crippen LogP contribution in [0.5, 0.6) is 5.75 Å². The van der Waals surface area contributed by atoms with E-state index in [2.05, 4.69) is 9.71 Å². The molecule has 0 saturated carbocycles. The number of methoxy groups -OCH3 is 1. The number of ether oxygens (including phenoxy) is 1. The van der Waals surface area contributed by atoms with Crippen molar-refractivity contribution in [3.63, 3.8) is 0 Å². The first-order chi connectivity index (χ1) is 14.7. The summed E-state index contributed by atoms with van der Waals surface area (Å²) in [5.74, 6) is 0.580. The summed E-state index contributed by atoms with van der Waals surface area (Å²) in [6.07, 6.45) is 2.96. The number of benzene rings is 2. The lowest BCUT2D eigenvalue weighted by Crippen LogP contribution is -2.32. The van der Waals surface area contributed by atoms with Gasteiger partial charge in [0.2, 0.25) is 10.0 Å². The summed E-state index contributed by atoms with van der Waals surface area (Å²) in [5, 5.41) is -1.14. The van der Waals surface area contributed by atoms with E-state index in [9.17, 15) is 16.8 Å². The minimum absolute atomic E-state index is 0.0767. The van der Waals surface area contributed by atoms with Crippen LogP contribution < -0.4 is 9.46 Å². The highest BCUT2D eigenvalue weighted by Crippen LogP contribution is 2.29. The minimum atomic E-state index is -3.97. The van der Waals surface area contributed by atoms with Crippen molar-refractivity contribution in [1.29, 1.82) is 0 Å². The minimum Gasteiger partial charge on any atom is -0.496 e. The van der Waals surface area contributed by atoms with E-state index in [1.165, 1.54) is 37.7 Å². The molecule has 0 spiro atoms. The van der Waals surface area contributed by atoms with Gasteiger partial charge in [-0.15, -0.1) is 0 Å². The first kappa shape index (κ1) is 22.9. The zero-order chi connectivity index (χ0) is 22.6. The van der Waals surface area contributed by atoms with Crippen molar-refractivity contribution in [2.45, 2.75) is 28.9 Å². The van der Waals surface area contributed by atoms with Crippen LogP contribution in [0.1, 0.15) is 21.9 Å². The molecular formula is C22H24N2O5S2. The largest absolute Gasteiger partial charge is 0.496 e. The Bertz CT molecular complexity index is 1260. The fraction of sp³-hybridized carbons (Fsp3) is 0.227. The van der Waals surface area contributed by atoms with Gasteiger partial charge in [0.05, 0.1) is 16.9 Å². The van der Waals surface area contributed by atoms with Gasteiger partial charge in [-0.2, -0.15) is 0 Å². The van der Waals surface area contributed by atoms with Crippen LogP contribution in [0.3, 0.4) is 0 Å². The number of nitrogens with one attached hydrogen (secondary N) is 1. The van der Waals surface area contributed by atoms with Gasteiger partial charge in [0.1, 0.15) is 11.0 Å². The molecule has 1 aromatic heterocycles. The molecule has 31 heavy (non-hydrogen) atoms. The molecule has 9 heteroatoms. The van der Waals surface area contributed by atoms with Crippen molar-refractivity contribution in [3.8, 4) is 5.75 Å². The summed E-state index contributed by atoms with van der Waals surface area (Å²) in [5.41, 5.74) is 1.56. The summed E-state index contributed by atoms with van der Waals surface area (Å²) in [4.78, 5) is 4.19. The highest BCUT2D eigenvalue weighted by Gasteiger charge is 2.31. The molecule has 0 amide bonds. The van der Waals surface area contributed by atoms with Crippen molar-refractivity contribution in [2.24, 2.45) is 0 Å². The second kappa shape index (κ2) is 9.17. The first-order valence-electron chi connectivity index (χ1n) is 9.50. The molecule has 1 unspecified atom stereocenters. The molecule has 1 heterocycles. The van der Waals surface area contributed by atoms with Crippen LogP contribution in [-0.2, 0) is 19.9 Å². The average molecular weight is 461 g/mol. The smallest absolute Gasteiger partial charge is 0.240 e. The summed E-state index contributed by atoms with van der Waals surface area (Å²) in [6.45, 7) is 3.07. The van der Waals surface area contributed by atoms with Gasteiger partial charge in [0, 0.05) is 18.9 Å². The lowest BCUT2D eigenvalue weighted by molar-refractivity contribution is 0.411. The predicted octanol–water partition coefficient (Wildman–Crippen LogP) is 3.20. The summed E-state index contributed by atoms with van der Waals surface area (Å²) < 4.78 is 60.4. The quantitative estimate of drug-likeness (QED) is 0.554.